The van der Waals surface area contributed by atoms with Gasteiger partial charge in [0, 0.05) is 10.2 Å². The first-order chi connectivity index (χ1) is 8.95. The van der Waals surface area contributed by atoms with E-state index in [1.54, 1.807) is 6.07 Å². The Hall–Kier alpha value is -1.68. The van der Waals surface area contributed by atoms with Crippen molar-refractivity contribution in [1.82, 2.24) is 4.98 Å². The Labute approximate surface area is 121 Å². The molecule has 19 heavy (non-hydrogen) atoms. The van der Waals surface area contributed by atoms with Crippen molar-refractivity contribution in [3.8, 4) is 0 Å². The van der Waals surface area contributed by atoms with Gasteiger partial charge >= 0.3 is 0 Å². The number of carbonyl (C=O) groups is 1. The molecule has 1 aromatic heterocycles. The van der Waals surface area contributed by atoms with Gasteiger partial charge in [0.15, 0.2) is 0 Å². The highest BCUT2D eigenvalue weighted by atomic mass is 79.9. The molecule has 0 saturated heterocycles. The molecule has 1 N–H and O–H groups in total. The third kappa shape index (κ3) is 3.41. The van der Waals surface area contributed by atoms with Crippen molar-refractivity contribution in [1.29, 1.82) is 0 Å². The van der Waals surface area contributed by atoms with E-state index < -0.39 is 0 Å². The zero-order valence-electron chi connectivity index (χ0n) is 11.1. The maximum atomic E-state index is 12.2. The van der Waals surface area contributed by atoms with Gasteiger partial charge in [-0.15, -0.1) is 0 Å². The molecular formula is C15H15BrN2O. The Morgan fingerprint density at radius 3 is 2.47 bits per heavy atom. The summed E-state index contributed by atoms with van der Waals surface area (Å²) in [4.78, 5) is 16.4. The summed E-state index contributed by atoms with van der Waals surface area (Å²) in [6.45, 7) is 5.83. The van der Waals surface area contributed by atoms with Crippen molar-refractivity contribution < 1.29 is 4.79 Å². The molecule has 3 nitrogen and oxygen atoms in total. The second-order valence-corrected chi connectivity index (χ2v) is 5.46. The minimum Gasteiger partial charge on any atom is -0.320 e. The van der Waals surface area contributed by atoms with Gasteiger partial charge < -0.3 is 5.32 Å². The Balaban J connectivity index is 2.25. The Morgan fingerprint density at radius 2 is 1.84 bits per heavy atom. The molecule has 0 unspecified atom stereocenters. The predicted molar refractivity (Wildman–Crippen MR) is 80.5 cm³/mol. The molecule has 1 aromatic carbocycles. The zero-order chi connectivity index (χ0) is 14.0. The second kappa shape index (κ2) is 5.53. The summed E-state index contributed by atoms with van der Waals surface area (Å²) >= 11 is 3.44. The lowest BCUT2D eigenvalue weighted by molar-refractivity contribution is 0.102. The van der Waals surface area contributed by atoms with Gasteiger partial charge in [-0.3, -0.25) is 4.79 Å². The summed E-state index contributed by atoms with van der Waals surface area (Å²) in [5.41, 5.74) is 4.18. The quantitative estimate of drug-likeness (QED) is 0.908. The Bertz CT molecular complexity index is 618. The number of nitrogens with zero attached hydrogens (tertiary/aromatic N) is 1. The number of anilines is 1. The number of nitrogens with one attached hydrogen (secondary N) is 1. The van der Waals surface area contributed by atoms with E-state index in [4.69, 9.17) is 0 Å². The summed E-state index contributed by atoms with van der Waals surface area (Å²) in [5, 5.41) is 2.86. The third-order valence-corrected chi connectivity index (χ3v) is 3.36. The number of rotatable bonds is 2. The van der Waals surface area contributed by atoms with Crippen LogP contribution in [0.4, 0.5) is 5.69 Å². The van der Waals surface area contributed by atoms with Crippen LogP contribution in [0, 0.1) is 20.8 Å². The maximum Gasteiger partial charge on any atom is 0.274 e. The Morgan fingerprint density at radius 1 is 1.11 bits per heavy atom. The number of benzene rings is 1. The lowest BCUT2D eigenvalue weighted by atomic mass is 10.2. The number of hydrogen-bond donors (Lipinski definition) is 1. The number of aromatic nitrogens is 1. The third-order valence-electron chi connectivity index (χ3n) is 2.70. The average molecular weight is 319 g/mol. The lowest BCUT2D eigenvalue weighted by Gasteiger charge is -2.08. The molecule has 2 aromatic rings. The van der Waals surface area contributed by atoms with E-state index in [2.05, 4.69) is 26.2 Å². The van der Waals surface area contributed by atoms with E-state index in [1.165, 1.54) is 0 Å². The molecular weight excluding hydrogens is 304 g/mol. The predicted octanol–water partition coefficient (Wildman–Crippen LogP) is 4.02. The molecule has 0 saturated carbocycles. The highest BCUT2D eigenvalue weighted by Crippen LogP contribution is 2.23. The van der Waals surface area contributed by atoms with Gasteiger partial charge in [-0.2, -0.15) is 0 Å². The minimum atomic E-state index is -0.198. The number of amides is 1. The summed E-state index contributed by atoms with van der Waals surface area (Å²) < 4.78 is 0.866. The van der Waals surface area contributed by atoms with Crippen LogP contribution >= 0.6 is 15.9 Å². The van der Waals surface area contributed by atoms with Crippen LogP contribution in [0.5, 0.6) is 0 Å². The standard InChI is InChI=1S/C15H15BrN2O/c1-9-4-5-13(12(16)7-9)18-15(19)14-8-10(2)6-11(3)17-14/h4-8H,1-3H3,(H,18,19). The smallest absolute Gasteiger partial charge is 0.274 e. The Kier molecular flexibility index (Phi) is 4.00. The zero-order valence-corrected chi connectivity index (χ0v) is 12.7. The van der Waals surface area contributed by atoms with Crippen molar-refractivity contribution in [3.63, 3.8) is 0 Å². The molecule has 0 aliphatic carbocycles. The van der Waals surface area contributed by atoms with E-state index in [9.17, 15) is 4.79 Å². The summed E-state index contributed by atoms with van der Waals surface area (Å²) in [6.07, 6.45) is 0. The van der Waals surface area contributed by atoms with Gasteiger partial charge in [0.25, 0.3) is 5.91 Å². The fraction of sp³-hybridized carbons (Fsp3) is 0.200. The van der Waals surface area contributed by atoms with Crippen molar-refractivity contribution in [3.05, 3.63) is 57.3 Å². The molecule has 0 atom stereocenters. The van der Waals surface area contributed by atoms with Gasteiger partial charge in [0.05, 0.1) is 5.69 Å². The van der Waals surface area contributed by atoms with Crippen LogP contribution in [-0.2, 0) is 0 Å². The van der Waals surface area contributed by atoms with Crippen molar-refractivity contribution in [2.75, 3.05) is 5.32 Å². The molecule has 1 amide bonds. The molecule has 4 heteroatoms. The lowest BCUT2D eigenvalue weighted by Crippen LogP contribution is -2.14. The van der Waals surface area contributed by atoms with E-state index in [1.807, 2.05) is 45.0 Å². The topological polar surface area (TPSA) is 42.0 Å². The van der Waals surface area contributed by atoms with Gasteiger partial charge in [-0.1, -0.05) is 6.07 Å². The fourth-order valence-corrected chi connectivity index (χ4v) is 2.46. The van der Waals surface area contributed by atoms with Crippen LogP contribution in [0.15, 0.2) is 34.8 Å². The number of hydrogen-bond acceptors (Lipinski definition) is 2. The molecule has 0 aliphatic heterocycles. The van der Waals surface area contributed by atoms with E-state index in [0.29, 0.717) is 5.69 Å². The molecule has 98 valence electrons. The van der Waals surface area contributed by atoms with Crippen molar-refractivity contribution in [2.24, 2.45) is 0 Å². The summed E-state index contributed by atoms with van der Waals surface area (Å²) in [6, 6.07) is 9.52. The highest BCUT2D eigenvalue weighted by Gasteiger charge is 2.10. The number of pyridine rings is 1. The van der Waals surface area contributed by atoms with Gasteiger partial charge in [0.1, 0.15) is 5.69 Å². The molecule has 0 radical (unpaired) electrons. The maximum absolute atomic E-state index is 12.2. The molecule has 1 heterocycles. The minimum absolute atomic E-state index is 0.198. The first kappa shape index (κ1) is 13.7. The molecule has 0 fully saturated rings. The molecule has 0 aliphatic rings. The summed E-state index contributed by atoms with van der Waals surface area (Å²) in [5.74, 6) is -0.198. The van der Waals surface area contributed by atoms with Gasteiger partial charge in [-0.25, -0.2) is 4.98 Å². The van der Waals surface area contributed by atoms with E-state index in [0.717, 1.165) is 27.0 Å². The SMILES string of the molecule is Cc1cc(C)nc(C(=O)Nc2ccc(C)cc2Br)c1. The van der Waals surface area contributed by atoms with Crippen molar-refractivity contribution >= 4 is 27.5 Å². The summed E-state index contributed by atoms with van der Waals surface area (Å²) in [7, 11) is 0. The van der Waals surface area contributed by atoms with Crippen LogP contribution in [0.3, 0.4) is 0 Å². The number of carbonyl (C=O) groups excluding carboxylic acids is 1. The monoisotopic (exact) mass is 318 g/mol. The fourth-order valence-electron chi connectivity index (χ4n) is 1.87. The molecule has 0 spiro atoms. The molecule has 2 rings (SSSR count). The van der Waals surface area contributed by atoms with E-state index >= 15 is 0 Å². The first-order valence-electron chi connectivity index (χ1n) is 5.98. The normalized spacial score (nSPS) is 10.3. The first-order valence-corrected chi connectivity index (χ1v) is 6.78. The average Bonchev–Trinajstić information content (AvgIpc) is 2.31. The number of halogens is 1. The van der Waals surface area contributed by atoms with Crippen LogP contribution in [-0.4, -0.2) is 10.9 Å². The van der Waals surface area contributed by atoms with Crippen LogP contribution in [0.2, 0.25) is 0 Å². The largest absolute Gasteiger partial charge is 0.320 e. The van der Waals surface area contributed by atoms with Gasteiger partial charge in [0.2, 0.25) is 0 Å². The highest BCUT2D eigenvalue weighted by molar-refractivity contribution is 9.10. The van der Waals surface area contributed by atoms with Crippen LogP contribution in [0.25, 0.3) is 0 Å². The van der Waals surface area contributed by atoms with Gasteiger partial charge in [-0.05, 0) is 72.1 Å². The van der Waals surface area contributed by atoms with Crippen LogP contribution in [0.1, 0.15) is 27.3 Å². The number of aryl methyl sites for hydroxylation is 3. The van der Waals surface area contributed by atoms with E-state index in [-0.39, 0.29) is 5.91 Å². The van der Waals surface area contributed by atoms with Crippen LogP contribution < -0.4 is 5.32 Å². The molecule has 0 bridgehead atoms. The second-order valence-electron chi connectivity index (χ2n) is 4.61. The van der Waals surface area contributed by atoms with Crippen molar-refractivity contribution in [2.45, 2.75) is 20.8 Å².